The van der Waals surface area contributed by atoms with Crippen molar-refractivity contribution in [3.8, 4) is 5.75 Å². The van der Waals surface area contributed by atoms with Crippen LogP contribution in [0.2, 0.25) is 0 Å². The fourth-order valence-electron chi connectivity index (χ4n) is 5.09. The minimum Gasteiger partial charge on any atom is -0.491 e. The number of aryl methyl sites for hydroxylation is 2. The van der Waals surface area contributed by atoms with Crippen LogP contribution in [0, 0.1) is 5.41 Å². The van der Waals surface area contributed by atoms with Gasteiger partial charge in [0.2, 0.25) is 11.8 Å². The number of fused-ring (bicyclic) bond motifs is 1. The summed E-state index contributed by atoms with van der Waals surface area (Å²) in [5.74, 6) is 1.25. The van der Waals surface area contributed by atoms with Crippen molar-refractivity contribution in [1.29, 1.82) is 0 Å². The monoisotopic (exact) mass is 448 g/mol. The van der Waals surface area contributed by atoms with Gasteiger partial charge in [-0.15, -0.1) is 0 Å². The van der Waals surface area contributed by atoms with Crippen molar-refractivity contribution in [2.45, 2.75) is 64.3 Å². The first-order valence-corrected chi connectivity index (χ1v) is 12.4. The van der Waals surface area contributed by atoms with Gasteiger partial charge in [0, 0.05) is 19.5 Å². The summed E-state index contributed by atoms with van der Waals surface area (Å²) in [5.41, 5.74) is 2.05. The van der Waals surface area contributed by atoms with Crippen LogP contribution in [0.1, 0.15) is 56.6 Å². The summed E-state index contributed by atoms with van der Waals surface area (Å²) < 4.78 is 6.04. The Kier molecular flexibility index (Phi) is 7.69. The van der Waals surface area contributed by atoms with E-state index in [9.17, 15) is 9.59 Å². The first kappa shape index (κ1) is 23.3. The van der Waals surface area contributed by atoms with Gasteiger partial charge in [-0.05, 0) is 62.6 Å². The Balaban J connectivity index is 1.37. The molecule has 1 spiro atoms. The molecule has 1 fully saturated rings. The van der Waals surface area contributed by atoms with Crippen LogP contribution in [0.15, 0.2) is 54.6 Å². The van der Waals surface area contributed by atoms with Gasteiger partial charge in [-0.2, -0.15) is 0 Å². The number of likely N-dealkylation sites (tertiary alicyclic amines) is 1. The van der Waals surface area contributed by atoms with Crippen LogP contribution in [0.25, 0.3) is 0 Å². The lowest BCUT2D eigenvalue weighted by Crippen LogP contribution is -2.52. The molecule has 33 heavy (non-hydrogen) atoms. The van der Waals surface area contributed by atoms with E-state index in [4.69, 9.17) is 4.74 Å². The second-order valence-electron chi connectivity index (χ2n) is 9.65. The summed E-state index contributed by atoms with van der Waals surface area (Å²) >= 11 is 0. The molecule has 0 aliphatic carbocycles. The molecule has 0 radical (unpaired) electrons. The maximum atomic E-state index is 13.4. The van der Waals surface area contributed by atoms with Crippen LogP contribution in [0.5, 0.6) is 5.75 Å². The van der Waals surface area contributed by atoms with Crippen molar-refractivity contribution in [2.24, 2.45) is 5.41 Å². The van der Waals surface area contributed by atoms with Crippen molar-refractivity contribution in [3.63, 3.8) is 0 Å². The predicted molar refractivity (Wildman–Crippen MR) is 130 cm³/mol. The number of ether oxygens (including phenoxy) is 1. The molecule has 176 valence electrons. The summed E-state index contributed by atoms with van der Waals surface area (Å²) in [5, 5.41) is 3.21. The largest absolute Gasteiger partial charge is 0.491 e. The molecular weight excluding hydrogens is 412 g/mol. The summed E-state index contributed by atoms with van der Waals surface area (Å²) in [7, 11) is 0. The lowest BCUT2D eigenvalue weighted by Gasteiger charge is -2.41. The topological polar surface area (TPSA) is 58.6 Å². The number of hydrogen-bond acceptors (Lipinski definition) is 3. The number of piperidine rings is 1. The molecule has 5 nitrogen and oxygen atoms in total. The molecule has 0 bridgehead atoms. The number of nitrogens with one attached hydrogen (secondary N) is 1. The highest BCUT2D eigenvalue weighted by Crippen LogP contribution is 2.38. The number of carbonyl (C=O) groups is 2. The second kappa shape index (κ2) is 10.9. The molecule has 1 atom stereocenters. The molecule has 0 saturated carbocycles. The first-order valence-electron chi connectivity index (χ1n) is 12.4. The predicted octanol–water partition coefficient (Wildman–Crippen LogP) is 4.54. The maximum Gasteiger partial charge on any atom is 0.226 e. The number of hydrogen-bond donors (Lipinski definition) is 1. The van der Waals surface area contributed by atoms with Gasteiger partial charge in [0.25, 0.3) is 0 Å². The van der Waals surface area contributed by atoms with Crippen molar-refractivity contribution >= 4 is 11.8 Å². The number of rotatable bonds is 3. The third-order valence-corrected chi connectivity index (χ3v) is 7.22. The van der Waals surface area contributed by atoms with E-state index in [0.717, 1.165) is 50.7 Å². The number of nitrogens with zero attached hydrogens (tertiary/aromatic N) is 1. The van der Waals surface area contributed by atoms with Gasteiger partial charge >= 0.3 is 0 Å². The highest BCUT2D eigenvalue weighted by molar-refractivity contribution is 5.83. The Morgan fingerprint density at radius 2 is 1.76 bits per heavy atom. The van der Waals surface area contributed by atoms with Crippen LogP contribution in [0.3, 0.4) is 0 Å². The molecule has 4 rings (SSSR count). The molecule has 1 saturated heterocycles. The fraction of sp³-hybridized carbons (Fsp3) is 0.500. The van der Waals surface area contributed by atoms with Crippen molar-refractivity contribution in [1.82, 2.24) is 10.2 Å². The highest BCUT2D eigenvalue weighted by atomic mass is 16.5. The van der Waals surface area contributed by atoms with Crippen molar-refractivity contribution in [2.75, 3.05) is 19.7 Å². The first-order chi connectivity index (χ1) is 16.1. The third kappa shape index (κ3) is 5.95. The molecule has 2 aromatic carbocycles. The average molecular weight is 449 g/mol. The summed E-state index contributed by atoms with van der Waals surface area (Å²) in [6.07, 6.45) is 6.63. The van der Waals surface area contributed by atoms with Crippen LogP contribution in [-0.4, -0.2) is 42.5 Å². The quantitative estimate of drug-likeness (QED) is 0.750. The molecule has 2 aromatic rings. The molecule has 5 heteroatoms. The van der Waals surface area contributed by atoms with Crippen LogP contribution in [0.4, 0.5) is 0 Å². The Morgan fingerprint density at radius 1 is 1.03 bits per heavy atom. The van der Waals surface area contributed by atoms with Crippen molar-refractivity contribution in [3.05, 3.63) is 65.7 Å². The van der Waals surface area contributed by atoms with E-state index in [0.29, 0.717) is 26.1 Å². The van der Waals surface area contributed by atoms with Crippen LogP contribution in [-0.2, 0) is 22.4 Å². The number of carbonyl (C=O) groups excluding carboxylic acids is 2. The van der Waals surface area contributed by atoms with Gasteiger partial charge in [-0.3, -0.25) is 9.59 Å². The zero-order chi connectivity index (χ0) is 23.1. The molecule has 0 aromatic heterocycles. The molecule has 1 N–H and O–H groups in total. The Hall–Kier alpha value is -2.82. The average Bonchev–Trinajstić information content (AvgIpc) is 2.85. The SMILES string of the molecule is C[C@@H]1COc2ccccc2CCCCC2(CCN(C(=O)CCc3ccccc3)CC2)C(=O)N1. The van der Waals surface area contributed by atoms with E-state index in [2.05, 4.69) is 29.6 Å². The van der Waals surface area contributed by atoms with E-state index >= 15 is 0 Å². The summed E-state index contributed by atoms with van der Waals surface area (Å²) in [6, 6.07) is 18.3. The van der Waals surface area contributed by atoms with Crippen LogP contribution < -0.4 is 10.1 Å². The highest BCUT2D eigenvalue weighted by Gasteiger charge is 2.42. The Morgan fingerprint density at radius 3 is 2.55 bits per heavy atom. The van der Waals surface area contributed by atoms with E-state index < -0.39 is 0 Å². The Bertz CT molecular complexity index is 935. The smallest absolute Gasteiger partial charge is 0.226 e. The zero-order valence-electron chi connectivity index (χ0n) is 19.7. The molecule has 2 aliphatic heterocycles. The minimum atomic E-state index is -0.386. The lowest BCUT2D eigenvalue weighted by atomic mass is 9.73. The molecule has 2 heterocycles. The van der Waals surface area contributed by atoms with Gasteiger partial charge in [-0.1, -0.05) is 55.0 Å². The van der Waals surface area contributed by atoms with Gasteiger partial charge in [0.05, 0.1) is 11.5 Å². The number of benzene rings is 2. The summed E-state index contributed by atoms with van der Waals surface area (Å²) in [4.78, 5) is 28.1. The number of para-hydroxylation sites is 1. The zero-order valence-corrected chi connectivity index (χ0v) is 19.7. The lowest BCUT2D eigenvalue weighted by molar-refractivity contribution is -0.141. The second-order valence-corrected chi connectivity index (χ2v) is 9.65. The van der Waals surface area contributed by atoms with Crippen LogP contribution >= 0.6 is 0 Å². The van der Waals surface area contributed by atoms with Gasteiger partial charge in [-0.25, -0.2) is 0 Å². The van der Waals surface area contributed by atoms with E-state index in [1.807, 2.05) is 42.2 Å². The molecule has 0 unspecified atom stereocenters. The maximum absolute atomic E-state index is 13.4. The molecular formula is C28H36N2O3. The van der Waals surface area contributed by atoms with Gasteiger partial charge < -0.3 is 15.0 Å². The minimum absolute atomic E-state index is 0.0626. The van der Waals surface area contributed by atoms with E-state index in [1.54, 1.807) is 0 Å². The standard InChI is InChI=1S/C28H36N2O3/c1-22-21-33-25-13-6-5-11-24(25)12-7-8-16-28(27(32)29-22)17-19-30(20-18-28)26(31)15-14-23-9-3-2-4-10-23/h2-6,9-11,13,22H,7-8,12,14-21H2,1H3,(H,29,32)/t22-/m1/s1. The Labute approximate surface area is 197 Å². The molecule has 2 amide bonds. The number of amides is 2. The summed E-state index contributed by atoms with van der Waals surface area (Å²) in [6.45, 7) is 3.79. The molecule has 2 aliphatic rings. The van der Waals surface area contributed by atoms with E-state index in [-0.39, 0.29) is 23.3 Å². The van der Waals surface area contributed by atoms with Gasteiger partial charge in [0.1, 0.15) is 12.4 Å². The normalized spacial score (nSPS) is 21.2. The van der Waals surface area contributed by atoms with Crippen molar-refractivity contribution < 1.29 is 14.3 Å². The van der Waals surface area contributed by atoms with E-state index in [1.165, 1.54) is 11.1 Å². The third-order valence-electron chi connectivity index (χ3n) is 7.22. The fourth-order valence-corrected chi connectivity index (χ4v) is 5.09. The van der Waals surface area contributed by atoms with Gasteiger partial charge in [0.15, 0.2) is 0 Å².